The molecule has 23 heavy (non-hydrogen) atoms. The van der Waals surface area contributed by atoms with Crippen LogP contribution in [0.4, 0.5) is 5.69 Å². The van der Waals surface area contributed by atoms with Crippen LogP contribution in [0, 0.1) is 0 Å². The molecular formula is C20H26N2O. The lowest BCUT2D eigenvalue weighted by Gasteiger charge is -2.39. The Kier molecular flexibility index (Phi) is 5.67. The summed E-state index contributed by atoms with van der Waals surface area (Å²) in [5, 5.41) is 0. The number of ether oxygens (including phenoxy) is 1. The predicted molar refractivity (Wildman–Crippen MR) is 95.5 cm³/mol. The predicted octanol–water partition coefficient (Wildman–Crippen LogP) is 3.76. The van der Waals surface area contributed by atoms with E-state index in [1.807, 2.05) is 0 Å². The fraction of sp³-hybridized carbons (Fsp3) is 0.400. The van der Waals surface area contributed by atoms with Gasteiger partial charge in [0.1, 0.15) is 6.73 Å². The number of hydrogen-bond donors (Lipinski definition) is 0. The molecule has 3 rings (SSSR count). The van der Waals surface area contributed by atoms with E-state index in [9.17, 15) is 0 Å². The molecule has 0 amide bonds. The van der Waals surface area contributed by atoms with Crippen LogP contribution >= 0.6 is 0 Å². The molecule has 1 aliphatic heterocycles. The molecule has 0 aliphatic carbocycles. The van der Waals surface area contributed by atoms with E-state index < -0.39 is 0 Å². The minimum Gasteiger partial charge on any atom is -0.364 e. The van der Waals surface area contributed by atoms with Crippen LogP contribution in [0.15, 0.2) is 60.7 Å². The molecule has 1 saturated heterocycles. The molecule has 1 heterocycles. The fourth-order valence-electron chi connectivity index (χ4n) is 3.38. The maximum Gasteiger partial charge on any atom is 0.118 e. The number of methoxy groups -OCH3 is 1. The van der Waals surface area contributed by atoms with Gasteiger partial charge < -0.3 is 9.64 Å². The maximum atomic E-state index is 5.45. The zero-order valence-electron chi connectivity index (χ0n) is 13.9. The Balaban J connectivity index is 1.58. The van der Waals surface area contributed by atoms with Crippen molar-refractivity contribution in [3.8, 4) is 0 Å². The summed E-state index contributed by atoms with van der Waals surface area (Å²) in [6.07, 6.45) is 2.37. The van der Waals surface area contributed by atoms with Gasteiger partial charge in [0.2, 0.25) is 0 Å². The molecule has 1 fully saturated rings. The highest BCUT2D eigenvalue weighted by atomic mass is 16.5. The lowest BCUT2D eigenvalue weighted by atomic mass is 10.0. The molecule has 0 aromatic heterocycles. The third-order valence-corrected chi connectivity index (χ3v) is 4.60. The van der Waals surface area contributed by atoms with Crippen LogP contribution in [0.25, 0.3) is 0 Å². The van der Waals surface area contributed by atoms with Gasteiger partial charge in [-0.25, -0.2) is 0 Å². The van der Waals surface area contributed by atoms with Crippen LogP contribution in [-0.2, 0) is 11.3 Å². The first-order chi connectivity index (χ1) is 11.4. The van der Waals surface area contributed by atoms with Crippen molar-refractivity contribution >= 4 is 5.69 Å². The largest absolute Gasteiger partial charge is 0.364 e. The van der Waals surface area contributed by atoms with Crippen molar-refractivity contribution in [3.05, 3.63) is 66.2 Å². The summed E-state index contributed by atoms with van der Waals surface area (Å²) < 4.78 is 5.45. The Morgan fingerprint density at radius 1 is 0.957 bits per heavy atom. The van der Waals surface area contributed by atoms with Gasteiger partial charge in [-0.2, -0.15) is 0 Å². The number of benzene rings is 2. The van der Waals surface area contributed by atoms with Crippen molar-refractivity contribution in [2.24, 2.45) is 0 Å². The average Bonchev–Trinajstić information content (AvgIpc) is 2.62. The third-order valence-electron chi connectivity index (χ3n) is 4.60. The Hall–Kier alpha value is -1.84. The molecule has 0 atom stereocenters. The van der Waals surface area contributed by atoms with Gasteiger partial charge in [0.05, 0.1) is 0 Å². The summed E-state index contributed by atoms with van der Waals surface area (Å²) in [6, 6.07) is 21.9. The Bertz CT molecular complexity index is 565. The summed E-state index contributed by atoms with van der Waals surface area (Å²) >= 11 is 0. The first-order valence-corrected chi connectivity index (χ1v) is 8.44. The first kappa shape index (κ1) is 16.0. The van der Waals surface area contributed by atoms with E-state index in [0.717, 1.165) is 19.6 Å². The van der Waals surface area contributed by atoms with Gasteiger partial charge in [-0.15, -0.1) is 0 Å². The van der Waals surface area contributed by atoms with E-state index in [-0.39, 0.29) is 0 Å². The molecular weight excluding hydrogens is 284 g/mol. The van der Waals surface area contributed by atoms with Crippen molar-refractivity contribution in [3.63, 3.8) is 0 Å². The van der Waals surface area contributed by atoms with Gasteiger partial charge in [-0.3, -0.25) is 4.90 Å². The molecule has 0 N–H and O–H groups in total. The lowest BCUT2D eigenvalue weighted by Crippen LogP contribution is -2.45. The highest BCUT2D eigenvalue weighted by Crippen LogP contribution is 2.24. The van der Waals surface area contributed by atoms with Gasteiger partial charge in [0.15, 0.2) is 0 Å². The quantitative estimate of drug-likeness (QED) is 0.756. The zero-order chi connectivity index (χ0) is 15.9. The van der Waals surface area contributed by atoms with Crippen LogP contribution in [0.1, 0.15) is 18.4 Å². The molecule has 0 saturated carbocycles. The van der Waals surface area contributed by atoms with Crippen molar-refractivity contribution in [1.29, 1.82) is 0 Å². The van der Waals surface area contributed by atoms with E-state index in [1.54, 1.807) is 7.11 Å². The summed E-state index contributed by atoms with van der Waals surface area (Å²) in [7, 11) is 1.78. The monoisotopic (exact) mass is 310 g/mol. The van der Waals surface area contributed by atoms with Gasteiger partial charge in [-0.05, 0) is 30.5 Å². The maximum absolute atomic E-state index is 5.45. The minimum atomic E-state index is 0.560. The fourth-order valence-corrected chi connectivity index (χ4v) is 3.38. The summed E-state index contributed by atoms with van der Waals surface area (Å²) in [4.78, 5) is 4.96. The standard InChI is InChI=1S/C20H26N2O/c1-23-17-22(19-10-6-3-7-11-19)20-12-14-21(15-13-20)16-18-8-4-2-5-9-18/h2-11,20H,12-17H2,1H3. The molecule has 0 bridgehead atoms. The molecule has 0 spiro atoms. The average molecular weight is 310 g/mol. The van der Waals surface area contributed by atoms with Crippen LogP contribution in [0.2, 0.25) is 0 Å². The molecule has 122 valence electrons. The number of nitrogens with zero attached hydrogens (tertiary/aromatic N) is 2. The van der Waals surface area contributed by atoms with Gasteiger partial charge >= 0.3 is 0 Å². The Morgan fingerprint density at radius 3 is 2.17 bits per heavy atom. The normalized spacial score (nSPS) is 16.4. The number of hydrogen-bond acceptors (Lipinski definition) is 3. The van der Waals surface area contributed by atoms with Crippen molar-refractivity contribution in [2.75, 3.05) is 31.8 Å². The summed E-state index contributed by atoms with van der Waals surface area (Å²) in [5.74, 6) is 0. The molecule has 2 aromatic rings. The lowest BCUT2D eigenvalue weighted by molar-refractivity contribution is 0.158. The van der Waals surface area contributed by atoms with E-state index in [4.69, 9.17) is 4.74 Å². The number of piperidine rings is 1. The van der Waals surface area contributed by atoms with E-state index >= 15 is 0 Å². The Labute approximate surface area is 139 Å². The van der Waals surface area contributed by atoms with Crippen molar-refractivity contribution < 1.29 is 4.74 Å². The van der Waals surface area contributed by atoms with Gasteiger partial charge in [-0.1, -0.05) is 48.5 Å². The summed E-state index contributed by atoms with van der Waals surface area (Å²) in [5.41, 5.74) is 2.67. The second-order valence-electron chi connectivity index (χ2n) is 6.22. The van der Waals surface area contributed by atoms with Crippen molar-refractivity contribution in [2.45, 2.75) is 25.4 Å². The van der Waals surface area contributed by atoms with Crippen LogP contribution < -0.4 is 4.90 Å². The Morgan fingerprint density at radius 2 is 1.57 bits per heavy atom. The van der Waals surface area contributed by atoms with E-state index in [0.29, 0.717) is 12.8 Å². The first-order valence-electron chi connectivity index (χ1n) is 8.44. The van der Waals surface area contributed by atoms with Gasteiger partial charge in [0.25, 0.3) is 0 Å². The van der Waals surface area contributed by atoms with Crippen LogP contribution in [-0.4, -0.2) is 37.9 Å². The molecule has 2 aromatic carbocycles. The van der Waals surface area contributed by atoms with Crippen LogP contribution in [0.3, 0.4) is 0 Å². The second-order valence-corrected chi connectivity index (χ2v) is 6.22. The molecule has 0 unspecified atom stereocenters. The summed E-state index contributed by atoms with van der Waals surface area (Å²) in [6.45, 7) is 4.01. The number of rotatable bonds is 6. The number of likely N-dealkylation sites (tertiary alicyclic amines) is 1. The third kappa shape index (κ3) is 4.34. The molecule has 0 radical (unpaired) electrons. The smallest absolute Gasteiger partial charge is 0.118 e. The van der Waals surface area contributed by atoms with E-state index in [2.05, 4.69) is 70.5 Å². The minimum absolute atomic E-state index is 0.560. The highest BCUT2D eigenvalue weighted by molar-refractivity contribution is 5.46. The number of anilines is 1. The van der Waals surface area contributed by atoms with Crippen molar-refractivity contribution in [1.82, 2.24) is 4.90 Å². The molecule has 1 aliphatic rings. The molecule has 3 heteroatoms. The van der Waals surface area contributed by atoms with E-state index in [1.165, 1.54) is 24.1 Å². The second kappa shape index (κ2) is 8.14. The molecule has 3 nitrogen and oxygen atoms in total. The highest BCUT2D eigenvalue weighted by Gasteiger charge is 2.24. The van der Waals surface area contributed by atoms with Crippen LogP contribution in [0.5, 0.6) is 0 Å². The SMILES string of the molecule is COCN(c1ccccc1)C1CCN(Cc2ccccc2)CC1. The zero-order valence-corrected chi connectivity index (χ0v) is 13.9. The number of para-hydroxylation sites is 1. The van der Waals surface area contributed by atoms with Gasteiger partial charge in [0, 0.05) is 38.5 Å². The topological polar surface area (TPSA) is 15.7 Å².